The molecule has 2 aromatic rings. The molecule has 2 rings (SSSR count). The zero-order valence-corrected chi connectivity index (χ0v) is 11.0. The van der Waals surface area contributed by atoms with E-state index in [0.29, 0.717) is 0 Å². The van der Waals surface area contributed by atoms with Crippen LogP contribution in [0.5, 0.6) is 0 Å². The Balaban J connectivity index is 2.81. The van der Waals surface area contributed by atoms with E-state index in [-0.39, 0.29) is 5.41 Å². The molecule has 0 atom stereocenters. The molecule has 15 heavy (non-hydrogen) atoms. The molecule has 0 aromatic carbocycles. The van der Waals surface area contributed by atoms with Crippen molar-refractivity contribution in [1.29, 1.82) is 0 Å². The predicted octanol–water partition coefficient (Wildman–Crippen LogP) is 3.03. The van der Waals surface area contributed by atoms with Crippen LogP contribution in [0.3, 0.4) is 0 Å². The first-order valence-electron chi connectivity index (χ1n) is 4.88. The summed E-state index contributed by atoms with van der Waals surface area (Å²) in [5, 5.41) is 0. The molecule has 0 unspecified atom stereocenters. The van der Waals surface area contributed by atoms with Gasteiger partial charge in [-0.25, -0.2) is 9.97 Å². The van der Waals surface area contributed by atoms with Crippen LogP contribution < -0.4 is 0 Å². The molecule has 0 saturated carbocycles. The van der Waals surface area contributed by atoms with Crippen molar-refractivity contribution < 1.29 is 0 Å². The summed E-state index contributed by atoms with van der Waals surface area (Å²) in [7, 11) is 2.01. The second kappa shape index (κ2) is 3.30. The maximum Gasteiger partial charge on any atom is 0.160 e. The molecule has 0 aliphatic heterocycles. The van der Waals surface area contributed by atoms with Crippen molar-refractivity contribution in [3.63, 3.8) is 0 Å². The minimum Gasteiger partial charge on any atom is -0.315 e. The Morgan fingerprint density at radius 1 is 1.33 bits per heavy atom. The average Bonchev–Trinajstić information content (AvgIpc) is 2.45. The van der Waals surface area contributed by atoms with E-state index in [0.717, 1.165) is 21.5 Å². The molecule has 0 aliphatic carbocycles. The first kappa shape index (κ1) is 10.6. The fourth-order valence-corrected chi connectivity index (χ4v) is 2.11. The molecule has 0 bridgehead atoms. The molecule has 0 saturated heterocycles. The molecule has 2 aromatic heterocycles. The van der Waals surface area contributed by atoms with Crippen LogP contribution in [0.2, 0.25) is 0 Å². The highest BCUT2D eigenvalue weighted by molar-refractivity contribution is 9.10. The molecule has 4 heteroatoms. The number of hydrogen-bond acceptors (Lipinski definition) is 2. The lowest BCUT2D eigenvalue weighted by Crippen LogP contribution is -2.17. The fourth-order valence-electron chi connectivity index (χ4n) is 1.72. The highest BCUT2D eigenvalue weighted by atomic mass is 79.9. The van der Waals surface area contributed by atoms with Gasteiger partial charge in [-0.05, 0) is 22.0 Å². The van der Waals surface area contributed by atoms with E-state index in [1.165, 1.54) is 0 Å². The molecule has 0 aliphatic rings. The van der Waals surface area contributed by atoms with E-state index in [2.05, 4.69) is 51.2 Å². The Bertz CT molecular complexity index is 508. The lowest BCUT2D eigenvalue weighted by atomic mass is 9.96. The standard InChI is InChI=1S/C11H14BrN3/c1-11(2,3)10-14-8-7(12)5-6-13-9(8)15(10)4/h5-6H,1-4H3. The van der Waals surface area contributed by atoms with E-state index in [4.69, 9.17) is 0 Å². The van der Waals surface area contributed by atoms with Gasteiger partial charge in [-0.1, -0.05) is 20.8 Å². The number of rotatable bonds is 0. The second-order valence-electron chi connectivity index (χ2n) is 4.71. The van der Waals surface area contributed by atoms with Crippen molar-refractivity contribution in [3.8, 4) is 0 Å². The lowest BCUT2D eigenvalue weighted by Gasteiger charge is -2.17. The van der Waals surface area contributed by atoms with Crippen LogP contribution in [0.25, 0.3) is 11.2 Å². The third-order valence-electron chi connectivity index (χ3n) is 2.38. The van der Waals surface area contributed by atoms with Gasteiger partial charge in [0.25, 0.3) is 0 Å². The Kier molecular flexibility index (Phi) is 2.34. The van der Waals surface area contributed by atoms with Crippen LogP contribution in [0.1, 0.15) is 26.6 Å². The van der Waals surface area contributed by atoms with Crippen LogP contribution >= 0.6 is 15.9 Å². The summed E-state index contributed by atoms with van der Waals surface area (Å²) in [5.41, 5.74) is 1.90. The summed E-state index contributed by atoms with van der Waals surface area (Å²) in [6.45, 7) is 6.46. The third-order valence-corrected chi connectivity index (χ3v) is 3.02. The number of pyridine rings is 1. The van der Waals surface area contributed by atoms with E-state index in [1.807, 2.05) is 13.1 Å². The van der Waals surface area contributed by atoms with E-state index >= 15 is 0 Å². The predicted molar refractivity (Wildman–Crippen MR) is 64.9 cm³/mol. The summed E-state index contributed by atoms with van der Waals surface area (Å²) in [6, 6.07) is 1.92. The fraction of sp³-hybridized carbons (Fsp3) is 0.455. The van der Waals surface area contributed by atoms with Crippen LogP contribution in [0, 0.1) is 0 Å². The molecule has 0 amide bonds. The lowest BCUT2D eigenvalue weighted by molar-refractivity contribution is 0.526. The SMILES string of the molecule is Cn1c(C(C)(C)C)nc2c(Br)ccnc21. The van der Waals surface area contributed by atoms with Gasteiger partial charge >= 0.3 is 0 Å². The molecular formula is C11H14BrN3. The van der Waals surface area contributed by atoms with Crippen molar-refractivity contribution in [2.75, 3.05) is 0 Å². The number of hydrogen-bond donors (Lipinski definition) is 0. The molecule has 0 N–H and O–H groups in total. The second-order valence-corrected chi connectivity index (χ2v) is 5.56. The van der Waals surface area contributed by atoms with Gasteiger partial charge in [-0.15, -0.1) is 0 Å². The Morgan fingerprint density at radius 3 is 2.53 bits per heavy atom. The number of imidazole rings is 1. The van der Waals surface area contributed by atoms with Gasteiger partial charge in [0.15, 0.2) is 5.65 Å². The summed E-state index contributed by atoms with van der Waals surface area (Å²) in [5.74, 6) is 1.05. The first-order chi connectivity index (χ1) is 6.91. The van der Waals surface area contributed by atoms with Crippen molar-refractivity contribution in [2.24, 2.45) is 7.05 Å². The van der Waals surface area contributed by atoms with Crippen LogP contribution in [-0.4, -0.2) is 14.5 Å². The molecular weight excluding hydrogens is 254 g/mol. The van der Waals surface area contributed by atoms with E-state index in [9.17, 15) is 0 Å². The molecule has 3 nitrogen and oxygen atoms in total. The summed E-state index contributed by atoms with van der Waals surface area (Å²) in [6.07, 6.45) is 1.79. The minimum absolute atomic E-state index is 0.0366. The van der Waals surface area contributed by atoms with Crippen molar-refractivity contribution in [2.45, 2.75) is 26.2 Å². The number of aromatic nitrogens is 3. The van der Waals surface area contributed by atoms with Gasteiger partial charge in [0.1, 0.15) is 11.3 Å². The Hall–Kier alpha value is -0.900. The number of nitrogens with zero attached hydrogens (tertiary/aromatic N) is 3. The van der Waals surface area contributed by atoms with Crippen molar-refractivity contribution in [1.82, 2.24) is 14.5 Å². The van der Waals surface area contributed by atoms with Gasteiger partial charge in [-0.3, -0.25) is 0 Å². The maximum absolute atomic E-state index is 4.64. The summed E-state index contributed by atoms with van der Waals surface area (Å²) < 4.78 is 3.05. The number of aryl methyl sites for hydroxylation is 1. The minimum atomic E-state index is 0.0366. The largest absolute Gasteiger partial charge is 0.315 e. The summed E-state index contributed by atoms with van der Waals surface area (Å²) >= 11 is 3.50. The summed E-state index contributed by atoms with van der Waals surface area (Å²) in [4.78, 5) is 8.98. The van der Waals surface area contributed by atoms with Crippen LogP contribution in [-0.2, 0) is 12.5 Å². The molecule has 2 heterocycles. The normalized spacial score (nSPS) is 12.3. The van der Waals surface area contributed by atoms with Gasteiger partial charge in [0, 0.05) is 23.1 Å². The maximum atomic E-state index is 4.64. The van der Waals surface area contributed by atoms with Crippen LogP contribution in [0.15, 0.2) is 16.7 Å². The smallest absolute Gasteiger partial charge is 0.160 e. The van der Waals surface area contributed by atoms with Crippen molar-refractivity contribution >= 4 is 27.1 Å². The number of fused-ring (bicyclic) bond motifs is 1. The topological polar surface area (TPSA) is 30.7 Å². The van der Waals surface area contributed by atoms with Gasteiger partial charge < -0.3 is 4.57 Å². The van der Waals surface area contributed by atoms with E-state index in [1.54, 1.807) is 6.20 Å². The molecule has 80 valence electrons. The third kappa shape index (κ3) is 1.67. The quantitative estimate of drug-likeness (QED) is 0.735. The zero-order valence-electron chi connectivity index (χ0n) is 9.37. The van der Waals surface area contributed by atoms with Crippen LogP contribution in [0.4, 0.5) is 0 Å². The Morgan fingerprint density at radius 2 is 2.00 bits per heavy atom. The highest BCUT2D eigenvalue weighted by Gasteiger charge is 2.22. The van der Waals surface area contributed by atoms with Gasteiger partial charge in [-0.2, -0.15) is 0 Å². The van der Waals surface area contributed by atoms with E-state index < -0.39 is 0 Å². The monoisotopic (exact) mass is 267 g/mol. The molecule has 0 fully saturated rings. The van der Waals surface area contributed by atoms with Crippen molar-refractivity contribution in [3.05, 3.63) is 22.6 Å². The zero-order chi connectivity index (χ0) is 11.2. The Labute approximate surface area is 97.7 Å². The molecule has 0 radical (unpaired) electrons. The van der Waals surface area contributed by atoms with Gasteiger partial charge in [0.05, 0.1) is 0 Å². The number of halogens is 1. The molecule has 0 spiro atoms. The average molecular weight is 268 g/mol. The first-order valence-corrected chi connectivity index (χ1v) is 5.68. The highest BCUT2D eigenvalue weighted by Crippen LogP contribution is 2.27. The van der Waals surface area contributed by atoms with Gasteiger partial charge in [0.2, 0.25) is 0 Å².